The molecule has 0 amide bonds. The van der Waals surface area contributed by atoms with Crippen LogP contribution in [0.4, 0.5) is 17.5 Å². The van der Waals surface area contributed by atoms with E-state index < -0.39 is 0 Å². The SMILES string of the molecule is CCNc1nc(Nc2ccc(Cl)cc2)c2cn[nH]c2n1. The molecule has 2 aromatic heterocycles. The molecule has 2 heterocycles. The fourth-order valence-electron chi connectivity index (χ4n) is 1.84. The molecule has 3 N–H and O–H groups in total. The summed E-state index contributed by atoms with van der Waals surface area (Å²) in [5, 5.41) is 14.7. The van der Waals surface area contributed by atoms with Crippen LogP contribution in [-0.4, -0.2) is 26.7 Å². The number of benzene rings is 1. The van der Waals surface area contributed by atoms with E-state index in [2.05, 4.69) is 30.8 Å². The third-order valence-corrected chi connectivity index (χ3v) is 3.00. The Hall–Kier alpha value is -2.34. The predicted molar refractivity (Wildman–Crippen MR) is 80.6 cm³/mol. The van der Waals surface area contributed by atoms with Crippen molar-refractivity contribution in [3.8, 4) is 0 Å². The van der Waals surface area contributed by atoms with Gasteiger partial charge in [0.05, 0.1) is 11.6 Å². The topological polar surface area (TPSA) is 78.5 Å². The number of aromatic amines is 1. The van der Waals surface area contributed by atoms with Crippen LogP contribution >= 0.6 is 11.6 Å². The van der Waals surface area contributed by atoms with Crippen LogP contribution in [0, 0.1) is 0 Å². The van der Waals surface area contributed by atoms with Gasteiger partial charge in [-0.15, -0.1) is 0 Å². The lowest BCUT2D eigenvalue weighted by molar-refractivity contribution is 1.07. The van der Waals surface area contributed by atoms with Crippen molar-refractivity contribution in [1.29, 1.82) is 0 Å². The largest absolute Gasteiger partial charge is 0.354 e. The number of rotatable bonds is 4. The molecule has 20 heavy (non-hydrogen) atoms. The molecule has 0 aliphatic heterocycles. The number of nitrogens with zero attached hydrogens (tertiary/aromatic N) is 3. The minimum absolute atomic E-state index is 0.556. The van der Waals surface area contributed by atoms with E-state index in [9.17, 15) is 0 Å². The molecule has 1 aromatic carbocycles. The highest BCUT2D eigenvalue weighted by Crippen LogP contribution is 2.24. The molecule has 0 atom stereocenters. The van der Waals surface area contributed by atoms with Crippen LogP contribution in [0.5, 0.6) is 0 Å². The van der Waals surface area contributed by atoms with Crippen LogP contribution in [0.15, 0.2) is 30.5 Å². The molecule has 3 rings (SSSR count). The smallest absolute Gasteiger partial charge is 0.226 e. The van der Waals surface area contributed by atoms with Crippen molar-refractivity contribution in [2.24, 2.45) is 0 Å². The van der Waals surface area contributed by atoms with Crippen LogP contribution < -0.4 is 10.6 Å². The van der Waals surface area contributed by atoms with E-state index >= 15 is 0 Å². The molecule has 7 heteroatoms. The Morgan fingerprint density at radius 2 is 2.00 bits per heavy atom. The van der Waals surface area contributed by atoms with E-state index in [0.717, 1.165) is 17.6 Å². The minimum atomic E-state index is 0.556. The van der Waals surface area contributed by atoms with Gasteiger partial charge >= 0.3 is 0 Å². The first-order valence-corrected chi connectivity index (χ1v) is 6.61. The quantitative estimate of drug-likeness (QED) is 0.687. The molecule has 0 aliphatic rings. The Bertz CT molecular complexity index is 721. The molecule has 0 fully saturated rings. The number of fused-ring (bicyclic) bond motifs is 1. The van der Waals surface area contributed by atoms with E-state index in [4.69, 9.17) is 11.6 Å². The zero-order chi connectivity index (χ0) is 13.9. The number of nitrogens with one attached hydrogen (secondary N) is 3. The average molecular weight is 289 g/mol. The molecule has 0 unspecified atom stereocenters. The van der Waals surface area contributed by atoms with Crippen LogP contribution in [-0.2, 0) is 0 Å². The number of anilines is 3. The maximum atomic E-state index is 5.88. The summed E-state index contributed by atoms with van der Waals surface area (Å²) in [4.78, 5) is 8.79. The van der Waals surface area contributed by atoms with Gasteiger partial charge in [-0.25, -0.2) is 0 Å². The fourth-order valence-corrected chi connectivity index (χ4v) is 1.96. The lowest BCUT2D eigenvalue weighted by Gasteiger charge is -2.09. The lowest BCUT2D eigenvalue weighted by atomic mass is 10.3. The van der Waals surface area contributed by atoms with Gasteiger partial charge in [0.15, 0.2) is 5.65 Å². The summed E-state index contributed by atoms with van der Waals surface area (Å²) in [5.41, 5.74) is 1.59. The Morgan fingerprint density at radius 3 is 2.75 bits per heavy atom. The van der Waals surface area contributed by atoms with E-state index in [1.807, 2.05) is 31.2 Å². The molecule has 0 radical (unpaired) electrons. The number of halogens is 1. The summed E-state index contributed by atoms with van der Waals surface area (Å²) in [6, 6.07) is 7.43. The first-order valence-electron chi connectivity index (χ1n) is 6.24. The van der Waals surface area contributed by atoms with Gasteiger partial charge in [0.1, 0.15) is 5.82 Å². The van der Waals surface area contributed by atoms with Gasteiger partial charge < -0.3 is 10.6 Å². The molecular weight excluding hydrogens is 276 g/mol. The van der Waals surface area contributed by atoms with Crippen molar-refractivity contribution < 1.29 is 0 Å². The number of hydrogen-bond donors (Lipinski definition) is 3. The summed E-state index contributed by atoms with van der Waals surface area (Å²) >= 11 is 5.88. The average Bonchev–Trinajstić information content (AvgIpc) is 2.90. The minimum Gasteiger partial charge on any atom is -0.354 e. The van der Waals surface area contributed by atoms with Crippen molar-refractivity contribution in [3.63, 3.8) is 0 Å². The third kappa shape index (κ3) is 2.50. The van der Waals surface area contributed by atoms with Gasteiger partial charge in [-0.1, -0.05) is 11.6 Å². The molecular formula is C13H13ClN6. The normalized spacial score (nSPS) is 10.7. The van der Waals surface area contributed by atoms with Crippen LogP contribution in [0.25, 0.3) is 11.0 Å². The van der Waals surface area contributed by atoms with Gasteiger partial charge in [-0.3, -0.25) is 5.10 Å². The maximum absolute atomic E-state index is 5.88. The molecule has 102 valence electrons. The standard InChI is InChI=1S/C13H13ClN6/c1-2-15-13-18-11(10-7-16-20-12(10)19-13)17-9-5-3-8(14)4-6-9/h3-7H,2H2,1H3,(H3,15,16,17,18,19,20). The van der Waals surface area contributed by atoms with Gasteiger partial charge in [-0.2, -0.15) is 15.1 Å². The highest BCUT2D eigenvalue weighted by molar-refractivity contribution is 6.30. The first-order chi connectivity index (χ1) is 9.76. The second-order valence-electron chi connectivity index (χ2n) is 4.19. The highest BCUT2D eigenvalue weighted by Gasteiger charge is 2.09. The van der Waals surface area contributed by atoms with E-state index in [0.29, 0.717) is 22.4 Å². The summed E-state index contributed by atoms with van der Waals surface area (Å²) in [7, 11) is 0. The van der Waals surface area contributed by atoms with E-state index in [1.54, 1.807) is 6.20 Å². The second kappa shape index (κ2) is 5.34. The van der Waals surface area contributed by atoms with Gasteiger partial charge in [0.2, 0.25) is 5.95 Å². The van der Waals surface area contributed by atoms with Crippen molar-refractivity contribution in [1.82, 2.24) is 20.2 Å². The first kappa shape index (κ1) is 12.7. The molecule has 0 spiro atoms. The van der Waals surface area contributed by atoms with E-state index in [-0.39, 0.29) is 0 Å². The summed E-state index contributed by atoms with van der Waals surface area (Å²) in [5.74, 6) is 1.25. The molecule has 6 nitrogen and oxygen atoms in total. The van der Waals surface area contributed by atoms with Gasteiger partial charge in [0.25, 0.3) is 0 Å². The second-order valence-corrected chi connectivity index (χ2v) is 4.63. The zero-order valence-electron chi connectivity index (χ0n) is 10.8. The highest BCUT2D eigenvalue weighted by atomic mass is 35.5. The number of aromatic nitrogens is 4. The summed E-state index contributed by atoms with van der Waals surface area (Å²) in [6.07, 6.45) is 1.70. The van der Waals surface area contributed by atoms with Crippen LogP contribution in [0.1, 0.15) is 6.92 Å². The number of hydrogen-bond acceptors (Lipinski definition) is 5. The Morgan fingerprint density at radius 1 is 1.20 bits per heavy atom. The van der Waals surface area contributed by atoms with Gasteiger partial charge in [-0.05, 0) is 31.2 Å². The molecule has 0 aliphatic carbocycles. The Balaban J connectivity index is 2.00. The number of H-pyrrole nitrogens is 1. The molecule has 3 aromatic rings. The maximum Gasteiger partial charge on any atom is 0.226 e. The Kier molecular flexibility index (Phi) is 3.39. The summed E-state index contributed by atoms with van der Waals surface area (Å²) in [6.45, 7) is 2.74. The Labute approximate surface area is 120 Å². The lowest BCUT2D eigenvalue weighted by Crippen LogP contribution is -2.04. The molecule has 0 bridgehead atoms. The van der Waals surface area contributed by atoms with Crippen molar-refractivity contribution in [2.75, 3.05) is 17.2 Å². The fraction of sp³-hybridized carbons (Fsp3) is 0.154. The van der Waals surface area contributed by atoms with Crippen molar-refractivity contribution >= 4 is 40.1 Å². The predicted octanol–water partition coefficient (Wildman–Crippen LogP) is 3.18. The van der Waals surface area contributed by atoms with Gasteiger partial charge in [0, 0.05) is 17.3 Å². The zero-order valence-corrected chi connectivity index (χ0v) is 11.6. The molecule has 0 saturated carbocycles. The van der Waals surface area contributed by atoms with Crippen molar-refractivity contribution in [2.45, 2.75) is 6.92 Å². The van der Waals surface area contributed by atoms with Crippen molar-refractivity contribution in [3.05, 3.63) is 35.5 Å². The van der Waals surface area contributed by atoms with Crippen LogP contribution in [0.2, 0.25) is 5.02 Å². The molecule has 0 saturated heterocycles. The summed E-state index contributed by atoms with van der Waals surface area (Å²) < 4.78 is 0. The monoisotopic (exact) mass is 288 g/mol. The van der Waals surface area contributed by atoms with Crippen LogP contribution in [0.3, 0.4) is 0 Å². The third-order valence-electron chi connectivity index (χ3n) is 2.75. The van der Waals surface area contributed by atoms with E-state index in [1.165, 1.54) is 0 Å².